The Kier molecular flexibility index (Phi) is 11.2. The fourth-order valence-corrected chi connectivity index (χ4v) is 7.73. The predicted octanol–water partition coefficient (Wildman–Crippen LogP) is 6.02. The minimum atomic E-state index is -0.479. The van der Waals surface area contributed by atoms with Crippen LogP contribution in [0.1, 0.15) is 96.7 Å². The van der Waals surface area contributed by atoms with Crippen molar-refractivity contribution in [3.8, 4) is 0 Å². The highest BCUT2D eigenvalue weighted by Crippen LogP contribution is 2.30. The third-order valence-corrected chi connectivity index (χ3v) is 10.3. The summed E-state index contributed by atoms with van der Waals surface area (Å²) in [5, 5.41) is 3.77. The minimum Gasteiger partial charge on any atom is -0.382 e. The van der Waals surface area contributed by atoms with Gasteiger partial charge in [0.15, 0.2) is 5.82 Å². The summed E-state index contributed by atoms with van der Waals surface area (Å²) < 4.78 is 2.26. The standard InChI is InChI=1S/C34H48N6O3S/c1-3-4-17-28-38-31-32(25-15-9-10-16-26(25)37-33(31)35)39(28)18-11-12-19-40-30(42)21-27(34(40)43)44-22-29(41)36-24-14-8-6-5-7-13-23(2)20-24/h9-10,15-16,23-24,27H,3-8,11-14,17-22H2,1-2H3,(H2,35,37)(H,36,41). The summed E-state index contributed by atoms with van der Waals surface area (Å²) in [5.74, 6) is 1.93. The van der Waals surface area contributed by atoms with Gasteiger partial charge < -0.3 is 15.6 Å². The van der Waals surface area contributed by atoms with Crippen LogP contribution in [0.15, 0.2) is 24.3 Å². The van der Waals surface area contributed by atoms with E-state index in [4.69, 9.17) is 10.7 Å². The number of thioether (sulfide) groups is 1. The first-order chi connectivity index (χ1) is 21.4. The maximum absolute atomic E-state index is 13.2. The number of fused-ring (bicyclic) bond motifs is 3. The first kappa shape index (κ1) is 32.3. The van der Waals surface area contributed by atoms with Crippen molar-refractivity contribution in [2.24, 2.45) is 5.92 Å². The van der Waals surface area contributed by atoms with Gasteiger partial charge in [-0.1, -0.05) is 70.6 Å². The molecule has 3 unspecified atom stereocenters. The zero-order valence-corrected chi connectivity index (χ0v) is 27.2. The number of benzene rings is 1. The van der Waals surface area contributed by atoms with Crippen LogP contribution < -0.4 is 11.1 Å². The highest BCUT2D eigenvalue weighted by Gasteiger charge is 2.38. The van der Waals surface area contributed by atoms with Gasteiger partial charge >= 0.3 is 0 Å². The van der Waals surface area contributed by atoms with E-state index < -0.39 is 5.25 Å². The van der Waals surface area contributed by atoms with Gasteiger partial charge in [-0.25, -0.2) is 9.97 Å². The van der Waals surface area contributed by atoms with Crippen LogP contribution in [0.3, 0.4) is 0 Å². The van der Waals surface area contributed by atoms with Crippen molar-refractivity contribution in [1.29, 1.82) is 0 Å². The van der Waals surface area contributed by atoms with Crippen molar-refractivity contribution in [2.45, 2.75) is 115 Å². The molecule has 0 bridgehead atoms. The number of hydrogen-bond donors (Lipinski definition) is 2. The van der Waals surface area contributed by atoms with Crippen LogP contribution in [0.2, 0.25) is 0 Å². The number of amides is 3. The first-order valence-electron chi connectivity index (χ1n) is 16.6. The fraction of sp³-hybridized carbons (Fsp3) is 0.618. The van der Waals surface area contributed by atoms with E-state index in [0.29, 0.717) is 24.7 Å². The SMILES string of the molecule is CCCCc1nc2c(N)nc3ccccc3c2n1CCCCN1C(=O)CC(SCC(=O)NC2CCCCCCC(C)C2)C1=O. The van der Waals surface area contributed by atoms with Gasteiger partial charge in [0.1, 0.15) is 11.3 Å². The number of hydrogen-bond acceptors (Lipinski definition) is 7. The summed E-state index contributed by atoms with van der Waals surface area (Å²) in [6.07, 6.45) is 12.8. The Morgan fingerprint density at radius 1 is 1.05 bits per heavy atom. The Labute approximate surface area is 265 Å². The second-order valence-corrected chi connectivity index (χ2v) is 13.9. The number of carbonyl (C=O) groups excluding carboxylic acids is 3. The number of nitrogens with two attached hydrogens (primary N) is 1. The molecule has 1 saturated heterocycles. The number of unbranched alkanes of at least 4 members (excludes halogenated alkanes) is 2. The second kappa shape index (κ2) is 15.2. The molecule has 0 radical (unpaired) electrons. The lowest BCUT2D eigenvalue weighted by Gasteiger charge is -2.21. The Balaban J connectivity index is 1.15. The number of nitrogen functional groups attached to an aromatic ring is 1. The number of anilines is 1. The number of nitrogens with zero attached hydrogens (tertiary/aromatic N) is 4. The Hall–Kier alpha value is -3.14. The average molecular weight is 621 g/mol. The zero-order chi connectivity index (χ0) is 31.1. The van der Waals surface area contributed by atoms with Gasteiger partial charge in [-0.15, -0.1) is 11.8 Å². The quantitative estimate of drug-likeness (QED) is 0.188. The summed E-state index contributed by atoms with van der Waals surface area (Å²) in [6.45, 7) is 5.55. The Morgan fingerprint density at radius 2 is 1.82 bits per heavy atom. The number of para-hydroxylation sites is 1. The van der Waals surface area contributed by atoms with Crippen LogP contribution in [0, 0.1) is 5.92 Å². The summed E-state index contributed by atoms with van der Waals surface area (Å²) in [5.41, 5.74) is 8.93. The lowest BCUT2D eigenvalue weighted by molar-refractivity contribution is -0.138. The molecular formula is C34H48N6O3S. The van der Waals surface area contributed by atoms with Crippen molar-refractivity contribution < 1.29 is 14.4 Å². The van der Waals surface area contributed by atoms with Crippen molar-refractivity contribution in [1.82, 2.24) is 24.8 Å². The Bertz CT molecular complexity index is 1470. The molecular weight excluding hydrogens is 572 g/mol. The van der Waals surface area contributed by atoms with Crippen LogP contribution >= 0.6 is 11.8 Å². The van der Waals surface area contributed by atoms with E-state index in [-0.39, 0.29) is 35.9 Å². The fourth-order valence-electron chi connectivity index (χ4n) is 6.76. The molecule has 3 atom stereocenters. The molecule has 1 aliphatic carbocycles. The smallest absolute Gasteiger partial charge is 0.242 e. The van der Waals surface area contributed by atoms with Gasteiger partial charge in [0.05, 0.1) is 22.0 Å². The van der Waals surface area contributed by atoms with E-state index in [1.54, 1.807) is 0 Å². The van der Waals surface area contributed by atoms with Crippen molar-refractivity contribution in [2.75, 3.05) is 18.0 Å². The molecule has 2 aromatic heterocycles. The van der Waals surface area contributed by atoms with Gasteiger partial charge in [-0.2, -0.15) is 0 Å². The number of nitrogens with one attached hydrogen (secondary N) is 1. The van der Waals surface area contributed by atoms with E-state index in [1.807, 2.05) is 18.2 Å². The highest BCUT2D eigenvalue weighted by atomic mass is 32.2. The second-order valence-electron chi connectivity index (χ2n) is 12.7. The molecule has 1 aromatic carbocycles. The van der Waals surface area contributed by atoms with Gasteiger partial charge in [0, 0.05) is 37.4 Å². The molecule has 44 heavy (non-hydrogen) atoms. The van der Waals surface area contributed by atoms with Gasteiger partial charge in [-0.3, -0.25) is 19.3 Å². The number of carbonyl (C=O) groups is 3. The van der Waals surface area contributed by atoms with E-state index in [9.17, 15) is 14.4 Å². The van der Waals surface area contributed by atoms with E-state index >= 15 is 0 Å². The molecule has 9 nitrogen and oxygen atoms in total. The molecule has 3 amide bonds. The molecule has 1 saturated carbocycles. The van der Waals surface area contributed by atoms with Crippen LogP contribution in [0.25, 0.3) is 21.9 Å². The van der Waals surface area contributed by atoms with E-state index in [1.165, 1.54) is 42.3 Å². The predicted molar refractivity (Wildman–Crippen MR) is 178 cm³/mol. The summed E-state index contributed by atoms with van der Waals surface area (Å²) >= 11 is 1.31. The molecule has 2 fully saturated rings. The molecule has 10 heteroatoms. The molecule has 2 aliphatic rings. The number of likely N-dealkylation sites (tertiary alicyclic amines) is 1. The lowest BCUT2D eigenvalue weighted by atomic mass is 9.96. The number of aryl methyl sites for hydroxylation is 2. The number of imide groups is 1. The van der Waals surface area contributed by atoms with Crippen molar-refractivity contribution >= 4 is 57.2 Å². The van der Waals surface area contributed by atoms with E-state index in [2.05, 4.69) is 34.8 Å². The highest BCUT2D eigenvalue weighted by molar-refractivity contribution is 8.01. The normalized spacial score (nSPS) is 21.5. The van der Waals surface area contributed by atoms with Gasteiger partial charge in [-0.05, 0) is 44.1 Å². The monoisotopic (exact) mass is 620 g/mol. The van der Waals surface area contributed by atoms with Crippen LogP contribution in [-0.4, -0.2) is 60.7 Å². The minimum absolute atomic E-state index is 0.0278. The summed E-state index contributed by atoms with van der Waals surface area (Å²) in [7, 11) is 0. The molecule has 3 N–H and O–H groups in total. The molecule has 5 rings (SSSR count). The first-order valence-corrected chi connectivity index (χ1v) is 17.7. The third kappa shape index (κ3) is 7.73. The van der Waals surface area contributed by atoms with Crippen LogP contribution in [-0.2, 0) is 27.3 Å². The molecule has 238 valence electrons. The van der Waals surface area contributed by atoms with Gasteiger partial charge in [0.2, 0.25) is 17.7 Å². The van der Waals surface area contributed by atoms with Crippen molar-refractivity contribution in [3.63, 3.8) is 0 Å². The number of imidazole rings is 1. The Morgan fingerprint density at radius 3 is 2.64 bits per heavy atom. The maximum Gasteiger partial charge on any atom is 0.242 e. The topological polar surface area (TPSA) is 123 Å². The van der Waals surface area contributed by atoms with Crippen molar-refractivity contribution in [3.05, 3.63) is 30.1 Å². The van der Waals surface area contributed by atoms with E-state index in [0.717, 1.165) is 79.3 Å². The lowest BCUT2D eigenvalue weighted by Crippen LogP contribution is -2.38. The molecule has 1 aliphatic heterocycles. The zero-order valence-electron chi connectivity index (χ0n) is 26.4. The largest absolute Gasteiger partial charge is 0.382 e. The van der Waals surface area contributed by atoms with Gasteiger partial charge in [0.25, 0.3) is 0 Å². The van der Waals surface area contributed by atoms with Crippen LogP contribution in [0.5, 0.6) is 0 Å². The third-order valence-electron chi connectivity index (χ3n) is 9.13. The molecule has 3 aromatic rings. The summed E-state index contributed by atoms with van der Waals surface area (Å²) in [6, 6.07) is 8.20. The van der Waals surface area contributed by atoms with Crippen LogP contribution in [0.4, 0.5) is 5.82 Å². The number of aromatic nitrogens is 3. The maximum atomic E-state index is 13.2. The summed E-state index contributed by atoms with van der Waals surface area (Å²) in [4.78, 5) is 49.6. The molecule has 0 spiro atoms. The number of pyridine rings is 1. The number of rotatable bonds is 12. The average Bonchev–Trinajstić information content (AvgIpc) is 3.53. The molecule has 3 heterocycles.